The van der Waals surface area contributed by atoms with Crippen LogP contribution >= 0.6 is 0 Å². The van der Waals surface area contributed by atoms with Crippen LogP contribution < -0.4 is 0 Å². The zero-order chi connectivity index (χ0) is 35.4. The first-order chi connectivity index (χ1) is 25.1. The minimum absolute atomic E-state index is 0.0608. The zero-order valence-corrected chi connectivity index (χ0v) is 30.6. The SMILES string of the molecule is CC(C)(C)c1cc2ccc3ccc(-c4ccc5cc(-c6ccc7c(c6)C(C)(C)c6cc(Cc8ccccc8)ccc6-7)ccc5c4)c4ccc(c1)c2c34. The lowest BCUT2D eigenvalue weighted by Crippen LogP contribution is -2.15. The summed E-state index contributed by atoms with van der Waals surface area (Å²) in [5.74, 6) is 0. The molecule has 0 amide bonds. The molecule has 0 heteroatoms. The largest absolute Gasteiger partial charge is 0.0622 e. The van der Waals surface area contributed by atoms with E-state index in [2.05, 4.69) is 186 Å². The molecule has 0 aromatic heterocycles. The molecule has 1 aliphatic rings. The highest BCUT2D eigenvalue weighted by Crippen LogP contribution is 2.50. The summed E-state index contributed by atoms with van der Waals surface area (Å²) in [6.07, 6.45) is 0.958. The summed E-state index contributed by atoms with van der Waals surface area (Å²) < 4.78 is 0. The van der Waals surface area contributed by atoms with Crippen molar-refractivity contribution in [1.29, 1.82) is 0 Å². The van der Waals surface area contributed by atoms with Gasteiger partial charge in [-0.05, 0) is 134 Å². The lowest BCUT2D eigenvalue weighted by Gasteiger charge is -2.22. The van der Waals surface area contributed by atoms with E-state index in [9.17, 15) is 0 Å². The van der Waals surface area contributed by atoms with Crippen molar-refractivity contribution in [2.45, 2.75) is 51.9 Å². The maximum absolute atomic E-state index is 2.44. The maximum Gasteiger partial charge on any atom is 0.0159 e. The zero-order valence-electron chi connectivity index (χ0n) is 30.6. The number of rotatable bonds is 4. The standard InChI is InChI=1S/C52H42/c1-51(2,3)42-29-40-17-12-34-18-22-43(46-24-20-41(30-42)49(40)50(34)46)39-16-15-35-27-36(13-14-37(35)28-39)38-19-23-45-44-21-11-33(25-32-9-7-6-8-10-32)26-47(44)52(4,5)48(45)31-38/h6-24,26-31H,25H2,1-5H3. The summed E-state index contributed by atoms with van der Waals surface area (Å²) in [5.41, 5.74) is 14.8. The molecule has 0 N–H and O–H groups in total. The molecule has 0 heterocycles. The van der Waals surface area contributed by atoms with E-state index in [1.807, 2.05) is 0 Å². The van der Waals surface area contributed by atoms with E-state index in [1.54, 1.807) is 0 Å². The number of hydrogen-bond donors (Lipinski definition) is 0. The van der Waals surface area contributed by atoms with Gasteiger partial charge in [0.1, 0.15) is 0 Å². The fourth-order valence-electron chi connectivity index (χ4n) is 9.00. The van der Waals surface area contributed by atoms with Crippen LogP contribution in [0.4, 0.5) is 0 Å². The third-order valence-electron chi connectivity index (χ3n) is 11.9. The average molecular weight is 667 g/mol. The van der Waals surface area contributed by atoms with Gasteiger partial charge in [0, 0.05) is 5.41 Å². The summed E-state index contributed by atoms with van der Waals surface area (Å²) in [4.78, 5) is 0. The maximum atomic E-state index is 2.44. The van der Waals surface area contributed by atoms with Crippen LogP contribution in [0.25, 0.3) is 76.5 Å². The first-order valence-corrected chi connectivity index (χ1v) is 18.7. The van der Waals surface area contributed by atoms with E-state index in [1.165, 1.54) is 104 Å². The van der Waals surface area contributed by atoms with E-state index in [4.69, 9.17) is 0 Å². The molecule has 0 spiro atoms. The lowest BCUT2D eigenvalue weighted by atomic mass is 9.81. The molecule has 0 aliphatic heterocycles. The van der Waals surface area contributed by atoms with E-state index >= 15 is 0 Å². The third kappa shape index (κ3) is 4.81. The number of hydrogen-bond acceptors (Lipinski definition) is 0. The van der Waals surface area contributed by atoms with Gasteiger partial charge in [-0.3, -0.25) is 0 Å². The van der Waals surface area contributed by atoms with Crippen LogP contribution in [0.15, 0.2) is 152 Å². The molecule has 9 aromatic carbocycles. The Bertz CT molecular complexity index is 2840. The molecule has 0 nitrogen and oxygen atoms in total. The molecule has 0 saturated heterocycles. The second-order valence-corrected chi connectivity index (χ2v) is 16.6. The topological polar surface area (TPSA) is 0 Å². The van der Waals surface area contributed by atoms with Gasteiger partial charge in [-0.25, -0.2) is 0 Å². The van der Waals surface area contributed by atoms with Crippen LogP contribution in [-0.4, -0.2) is 0 Å². The minimum atomic E-state index is -0.0608. The Morgan fingerprint density at radius 1 is 0.423 bits per heavy atom. The Hall–Kier alpha value is -5.72. The van der Waals surface area contributed by atoms with Crippen LogP contribution in [-0.2, 0) is 17.3 Å². The Kier molecular flexibility index (Phi) is 6.65. The summed E-state index contributed by atoms with van der Waals surface area (Å²) in [6.45, 7) is 11.7. The van der Waals surface area contributed by atoms with Gasteiger partial charge < -0.3 is 0 Å². The van der Waals surface area contributed by atoms with E-state index < -0.39 is 0 Å². The van der Waals surface area contributed by atoms with Crippen LogP contribution in [0.5, 0.6) is 0 Å². The third-order valence-corrected chi connectivity index (χ3v) is 11.9. The van der Waals surface area contributed by atoms with Gasteiger partial charge in [0.25, 0.3) is 0 Å². The van der Waals surface area contributed by atoms with Crippen molar-refractivity contribution in [2.24, 2.45) is 0 Å². The fraction of sp³-hybridized carbons (Fsp3) is 0.154. The van der Waals surface area contributed by atoms with Crippen molar-refractivity contribution >= 4 is 43.1 Å². The van der Waals surface area contributed by atoms with Gasteiger partial charge in [-0.15, -0.1) is 0 Å². The molecule has 52 heavy (non-hydrogen) atoms. The quantitative estimate of drug-likeness (QED) is 0.164. The van der Waals surface area contributed by atoms with E-state index in [0.29, 0.717) is 0 Å². The van der Waals surface area contributed by atoms with E-state index in [0.717, 1.165) is 6.42 Å². The van der Waals surface area contributed by atoms with Gasteiger partial charge in [0.05, 0.1) is 0 Å². The smallest absolute Gasteiger partial charge is 0.0159 e. The lowest BCUT2D eigenvalue weighted by molar-refractivity contribution is 0.591. The predicted molar refractivity (Wildman–Crippen MR) is 224 cm³/mol. The normalized spacial score (nSPS) is 13.7. The van der Waals surface area contributed by atoms with Crippen molar-refractivity contribution in [3.8, 4) is 33.4 Å². The monoisotopic (exact) mass is 666 g/mol. The highest BCUT2D eigenvalue weighted by atomic mass is 14.4. The van der Waals surface area contributed by atoms with Gasteiger partial charge in [-0.2, -0.15) is 0 Å². The molecule has 9 aromatic rings. The molecular formula is C52H42. The molecule has 0 bridgehead atoms. The average Bonchev–Trinajstić information content (AvgIpc) is 3.38. The summed E-state index contributed by atoms with van der Waals surface area (Å²) in [6, 6.07) is 57.6. The highest BCUT2D eigenvalue weighted by molar-refractivity contribution is 6.25. The van der Waals surface area contributed by atoms with E-state index in [-0.39, 0.29) is 10.8 Å². The molecule has 1 aliphatic carbocycles. The molecule has 10 rings (SSSR count). The molecule has 0 fully saturated rings. The second kappa shape index (κ2) is 11.1. The van der Waals surface area contributed by atoms with Crippen LogP contribution in [0.2, 0.25) is 0 Å². The van der Waals surface area contributed by atoms with Gasteiger partial charge >= 0.3 is 0 Å². The molecule has 250 valence electrons. The van der Waals surface area contributed by atoms with Crippen LogP contribution in [0.3, 0.4) is 0 Å². The van der Waals surface area contributed by atoms with Gasteiger partial charge in [0.15, 0.2) is 0 Å². The van der Waals surface area contributed by atoms with Crippen molar-refractivity contribution in [2.75, 3.05) is 0 Å². The highest BCUT2D eigenvalue weighted by Gasteiger charge is 2.35. The summed E-state index contributed by atoms with van der Waals surface area (Å²) in [5, 5.41) is 10.6. The van der Waals surface area contributed by atoms with Gasteiger partial charge in [-0.1, -0.05) is 168 Å². The number of fused-ring (bicyclic) bond motifs is 4. The van der Waals surface area contributed by atoms with Crippen molar-refractivity contribution in [3.63, 3.8) is 0 Å². The Morgan fingerprint density at radius 3 is 1.73 bits per heavy atom. The molecule has 0 atom stereocenters. The Morgan fingerprint density at radius 2 is 0.981 bits per heavy atom. The first kappa shape index (κ1) is 31.1. The Labute approximate surface area is 306 Å². The minimum Gasteiger partial charge on any atom is -0.0622 e. The second-order valence-electron chi connectivity index (χ2n) is 16.6. The van der Waals surface area contributed by atoms with Gasteiger partial charge in [0.2, 0.25) is 0 Å². The van der Waals surface area contributed by atoms with Crippen molar-refractivity contribution in [3.05, 3.63) is 179 Å². The van der Waals surface area contributed by atoms with Crippen molar-refractivity contribution < 1.29 is 0 Å². The summed E-state index contributed by atoms with van der Waals surface area (Å²) in [7, 11) is 0. The predicted octanol–water partition coefficient (Wildman–Crippen LogP) is 14.3. The Balaban J connectivity index is 0.999. The summed E-state index contributed by atoms with van der Waals surface area (Å²) >= 11 is 0. The molecule has 0 unspecified atom stereocenters. The van der Waals surface area contributed by atoms with Crippen LogP contribution in [0.1, 0.15) is 62.4 Å². The number of benzene rings is 9. The fourth-order valence-corrected chi connectivity index (χ4v) is 9.00. The van der Waals surface area contributed by atoms with Crippen molar-refractivity contribution in [1.82, 2.24) is 0 Å². The molecule has 0 saturated carbocycles. The molecule has 0 radical (unpaired) electrons. The first-order valence-electron chi connectivity index (χ1n) is 18.7. The molecular weight excluding hydrogens is 625 g/mol. The van der Waals surface area contributed by atoms with Crippen LogP contribution in [0, 0.1) is 0 Å².